The van der Waals surface area contributed by atoms with Crippen LogP contribution in [0.25, 0.3) is 0 Å². The Labute approximate surface area is 198 Å². The average Bonchev–Trinajstić information content (AvgIpc) is 2.96. The quantitative estimate of drug-likeness (QED) is 0.315. The molecule has 2 aromatic rings. The van der Waals surface area contributed by atoms with E-state index in [0.717, 1.165) is 21.8 Å². The van der Waals surface area contributed by atoms with E-state index in [0.29, 0.717) is 18.6 Å². The van der Waals surface area contributed by atoms with Crippen LogP contribution in [-0.4, -0.2) is 23.5 Å². The lowest BCUT2D eigenvalue weighted by atomic mass is 9.81. The second-order valence-corrected chi connectivity index (χ2v) is 13.3. The van der Waals surface area contributed by atoms with Gasteiger partial charge in [-0.15, -0.1) is 11.3 Å². The number of thiophene rings is 1. The smallest absolute Gasteiger partial charge is 0.341 e. The maximum atomic E-state index is 13.0. The van der Waals surface area contributed by atoms with Gasteiger partial charge in [-0.05, 0) is 77.8 Å². The van der Waals surface area contributed by atoms with Gasteiger partial charge in [0.1, 0.15) is 9.90 Å². The first-order chi connectivity index (χ1) is 15.1. The van der Waals surface area contributed by atoms with Crippen LogP contribution >= 0.6 is 21.6 Å². The van der Waals surface area contributed by atoms with Gasteiger partial charge in [-0.3, -0.25) is 4.79 Å². The number of esters is 1. The number of hydrogen-bond acceptors (Lipinski definition) is 5. The summed E-state index contributed by atoms with van der Waals surface area (Å²) < 4.78 is 70.3. The van der Waals surface area contributed by atoms with E-state index >= 15 is 0 Å². The topological polar surface area (TPSA) is 67.4 Å². The highest BCUT2D eigenvalue weighted by Gasteiger charge is 2.65. The van der Waals surface area contributed by atoms with Crippen molar-refractivity contribution < 1.29 is 33.8 Å². The molecule has 5 nitrogen and oxygen atoms in total. The van der Waals surface area contributed by atoms with Gasteiger partial charge in [0.25, 0.3) is 5.91 Å². The number of nitrogens with one attached hydrogen (secondary N) is 2. The molecular weight excluding hydrogens is 499 g/mol. The first-order valence-corrected chi connectivity index (χ1v) is 13.2. The van der Waals surface area contributed by atoms with Gasteiger partial charge in [0.2, 0.25) is 0 Å². The number of carbonyl (C=O) groups is 2. The van der Waals surface area contributed by atoms with Gasteiger partial charge in [0.05, 0.1) is 11.7 Å². The lowest BCUT2D eigenvalue weighted by Crippen LogP contribution is -2.55. The Morgan fingerprint density at radius 2 is 1.62 bits per heavy atom. The van der Waals surface area contributed by atoms with Crippen LogP contribution < -0.4 is 10.6 Å². The largest absolute Gasteiger partial charge is 0.459 e. The van der Waals surface area contributed by atoms with Crippen LogP contribution in [0.15, 0.2) is 29.2 Å². The summed E-state index contributed by atoms with van der Waals surface area (Å²) in [4.78, 5) is 24.5. The molecule has 0 saturated carbocycles. The second-order valence-electron chi connectivity index (χ2n) is 9.83. The van der Waals surface area contributed by atoms with Crippen molar-refractivity contribution in [3.63, 3.8) is 0 Å². The van der Waals surface area contributed by atoms with Crippen LogP contribution in [0, 0.1) is 0 Å². The predicted octanol–water partition coefficient (Wildman–Crippen LogP) is 7.38. The maximum Gasteiger partial charge on any atom is 0.341 e. The number of amides is 1. The zero-order valence-corrected chi connectivity index (χ0v) is 21.2. The molecule has 3 rings (SSSR count). The molecular formula is C22H27F5N2O3S2. The van der Waals surface area contributed by atoms with Gasteiger partial charge >= 0.3 is 16.2 Å². The molecule has 1 aromatic heterocycles. The van der Waals surface area contributed by atoms with Crippen molar-refractivity contribution in [1.29, 1.82) is 0 Å². The number of halogens is 5. The fourth-order valence-corrected chi connectivity index (χ4v) is 6.05. The lowest BCUT2D eigenvalue weighted by Gasteiger charge is -2.42. The Hall–Kier alpha value is -2.18. The van der Waals surface area contributed by atoms with Crippen LogP contribution in [0.5, 0.6) is 0 Å². The minimum atomic E-state index is -9.85. The number of fused-ring (bicyclic) bond motifs is 1. The van der Waals surface area contributed by atoms with Crippen molar-refractivity contribution in [3.05, 3.63) is 45.8 Å². The summed E-state index contributed by atoms with van der Waals surface area (Å²) in [5.74, 6) is -1.47. The third-order valence-corrected chi connectivity index (χ3v) is 7.81. The van der Waals surface area contributed by atoms with Crippen LogP contribution in [0.3, 0.4) is 0 Å². The first kappa shape index (κ1) is 26.4. The maximum absolute atomic E-state index is 13.0. The predicted molar refractivity (Wildman–Crippen MR) is 125 cm³/mol. The molecule has 2 N–H and O–H groups in total. The highest BCUT2D eigenvalue weighted by atomic mass is 32.5. The van der Waals surface area contributed by atoms with Crippen molar-refractivity contribution in [1.82, 2.24) is 5.32 Å². The number of benzene rings is 1. The van der Waals surface area contributed by atoms with Gasteiger partial charge in [-0.25, -0.2) is 4.79 Å². The van der Waals surface area contributed by atoms with E-state index in [2.05, 4.69) is 10.6 Å². The fraction of sp³-hybridized carbons (Fsp3) is 0.455. The number of hydrogen-bond donors (Lipinski definition) is 2. The highest BCUT2D eigenvalue weighted by molar-refractivity contribution is 8.45. The molecule has 1 aliphatic rings. The average molecular weight is 527 g/mol. The van der Waals surface area contributed by atoms with E-state index in [4.69, 9.17) is 4.74 Å². The molecule has 12 heteroatoms. The molecule has 1 aromatic carbocycles. The summed E-state index contributed by atoms with van der Waals surface area (Å²) in [5.41, 5.74) is -0.268. The first-order valence-electron chi connectivity index (χ1n) is 10.4. The van der Waals surface area contributed by atoms with E-state index in [1.54, 1.807) is 13.8 Å². The van der Waals surface area contributed by atoms with Crippen LogP contribution in [0.2, 0.25) is 0 Å². The number of carbonyl (C=O) groups excluding carboxylic acids is 2. The molecule has 2 heterocycles. The second kappa shape index (κ2) is 7.41. The summed E-state index contributed by atoms with van der Waals surface area (Å²) >= 11 is 1.16. The summed E-state index contributed by atoms with van der Waals surface area (Å²) in [5, 5.41) is 6.25. The van der Waals surface area contributed by atoms with Gasteiger partial charge in [-0.2, -0.15) is 0 Å². The standard InChI is InChI=1S/C22H27F5N2O3S2/c1-12(2)32-20(31)16-15-11-21(3,4)29-22(5,6)17(15)33-19(16)28-18(30)13-7-9-14(10-8-13)34(23,24,25,26)27/h7-10,12,29H,11H2,1-6H3,(H,28,30). The molecule has 0 aliphatic carbocycles. The Morgan fingerprint density at radius 1 is 1.06 bits per heavy atom. The van der Waals surface area contributed by atoms with Crippen LogP contribution in [0.1, 0.15) is 72.7 Å². The molecule has 0 bridgehead atoms. The van der Waals surface area contributed by atoms with E-state index < -0.39 is 38.6 Å². The molecule has 190 valence electrons. The molecule has 1 amide bonds. The molecule has 0 unspecified atom stereocenters. The monoisotopic (exact) mass is 526 g/mol. The summed E-state index contributed by atoms with van der Waals surface area (Å²) in [7, 11) is -9.85. The Morgan fingerprint density at radius 3 is 2.12 bits per heavy atom. The molecule has 0 saturated heterocycles. The van der Waals surface area contributed by atoms with Crippen molar-refractivity contribution in [2.45, 2.75) is 70.0 Å². The van der Waals surface area contributed by atoms with Crippen LogP contribution in [-0.2, 0) is 16.7 Å². The zero-order valence-electron chi connectivity index (χ0n) is 19.5. The van der Waals surface area contributed by atoms with Crippen molar-refractivity contribution >= 4 is 38.4 Å². The molecule has 0 spiro atoms. The highest BCUT2D eigenvalue weighted by Crippen LogP contribution is 3.02. The lowest BCUT2D eigenvalue weighted by molar-refractivity contribution is 0.0377. The minimum Gasteiger partial charge on any atom is -0.459 e. The molecule has 0 fully saturated rings. The van der Waals surface area contributed by atoms with E-state index in [1.165, 1.54) is 0 Å². The SMILES string of the molecule is CC(C)OC(=O)c1c(NC(=O)c2ccc(S(F)(F)(F)(F)F)cc2)sc2c1CC(C)(C)NC2(C)C. The van der Waals surface area contributed by atoms with Crippen molar-refractivity contribution in [2.75, 3.05) is 5.32 Å². The number of rotatable bonds is 5. The van der Waals surface area contributed by atoms with Crippen molar-refractivity contribution in [2.24, 2.45) is 0 Å². The van der Waals surface area contributed by atoms with E-state index in [-0.39, 0.29) is 33.8 Å². The van der Waals surface area contributed by atoms with Gasteiger partial charge < -0.3 is 15.4 Å². The normalized spacial score (nSPS) is 19.1. The Bertz CT molecular complexity index is 1160. The Kier molecular flexibility index (Phi) is 5.76. The molecule has 1 aliphatic heterocycles. The zero-order chi connectivity index (χ0) is 26.0. The van der Waals surface area contributed by atoms with E-state index in [9.17, 15) is 29.0 Å². The van der Waals surface area contributed by atoms with Gasteiger partial charge in [0.15, 0.2) is 0 Å². The third kappa shape index (κ3) is 5.55. The molecule has 0 radical (unpaired) electrons. The number of anilines is 1. The van der Waals surface area contributed by atoms with Gasteiger partial charge in [0, 0.05) is 21.5 Å². The van der Waals surface area contributed by atoms with Crippen molar-refractivity contribution in [3.8, 4) is 0 Å². The Balaban J connectivity index is 2.03. The summed E-state index contributed by atoms with van der Waals surface area (Å²) in [6, 6.07) is 1.71. The number of ether oxygens (including phenoxy) is 1. The molecule has 34 heavy (non-hydrogen) atoms. The third-order valence-electron chi connectivity index (χ3n) is 5.18. The van der Waals surface area contributed by atoms with Crippen LogP contribution in [0.4, 0.5) is 24.4 Å². The fourth-order valence-electron chi connectivity index (χ4n) is 4.14. The summed E-state index contributed by atoms with van der Waals surface area (Å²) in [6.07, 6.45) is 0.0491. The van der Waals surface area contributed by atoms with Gasteiger partial charge in [-0.1, -0.05) is 19.4 Å². The summed E-state index contributed by atoms with van der Waals surface area (Å²) in [6.45, 7) is 11.2. The minimum absolute atomic E-state index is 0.180. The molecule has 0 atom stereocenters. The van der Waals surface area contributed by atoms with E-state index in [1.807, 2.05) is 27.7 Å².